The summed E-state index contributed by atoms with van der Waals surface area (Å²) < 4.78 is 20.2. The van der Waals surface area contributed by atoms with Crippen molar-refractivity contribution in [1.82, 2.24) is 4.57 Å². The van der Waals surface area contributed by atoms with Crippen LogP contribution in [0.25, 0.3) is 6.08 Å². The summed E-state index contributed by atoms with van der Waals surface area (Å²) in [6, 6.07) is 10.3. The van der Waals surface area contributed by atoms with E-state index in [4.69, 9.17) is 14.2 Å². The van der Waals surface area contributed by atoms with Crippen LogP contribution in [0.15, 0.2) is 57.5 Å². The fourth-order valence-electron chi connectivity index (χ4n) is 4.19. The molecule has 204 valence electrons. The van der Waals surface area contributed by atoms with Crippen molar-refractivity contribution >= 4 is 74.5 Å². The molecule has 2 aromatic carbocycles. The first-order valence-corrected chi connectivity index (χ1v) is 15.1. The van der Waals surface area contributed by atoms with Crippen LogP contribution >= 0.6 is 56.5 Å². The number of nitrogens with zero attached hydrogens (tertiary/aromatic N) is 2. The van der Waals surface area contributed by atoms with E-state index in [0.717, 1.165) is 12.7 Å². The Labute approximate surface area is 256 Å². The Bertz CT molecular complexity index is 1650. The SMILES string of the molecule is CCOC(=O)C1=C(C)N=c2s/c(=C\c3cc(I)cc(I)c3OC(C)=O)c(=O)n2[C@H]1c1ccc(OC(C)C)cc1. The van der Waals surface area contributed by atoms with Crippen LogP contribution in [0.4, 0.5) is 0 Å². The standard InChI is InChI=1S/C28H26I2N2O6S/c1-6-36-27(35)23-15(4)31-28-32(24(23)17-7-9-20(10-8-17)37-14(2)3)26(34)22(39-28)12-18-11-19(29)13-21(30)25(18)38-16(5)33/h7-14,24H,6H2,1-5H3/b22-12-/t24-/m0/s1. The Kier molecular flexibility index (Phi) is 9.32. The van der Waals surface area contributed by atoms with E-state index in [1.54, 1.807) is 19.9 Å². The van der Waals surface area contributed by atoms with Crippen LogP contribution in [0.2, 0.25) is 0 Å². The second-order valence-corrected chi connectivity index (χ2v) is 12.4. The summed E-state index contributed by atoms with van der Waals surface area (Å²) in [7, 11) is 0. The average molecular weight is 772 g/mol. The van der Waals surface area contributed by atoms with Crippen molar-refractivity contribution < 1.29 is 23.8 Å². The summed E-state index contributed by atoms with van der Waals surface area (Å²) in [5.41, 5.74) is 1.79. The van der Waals surface area contributed by atoms with Crippen molar-refractivity contribution in [2.75, 3.05) is 6.61 Å². The molecule has 4 rings (SSSR count). The molecule has 1 aliphatic rings. The lowest BCUT2D eigenvalue weighted by Crippen LogP contribution is -2.39. The number of aromatic nitrogens is 1. The van der Waals surface area contributed by atoms with Crippen molar-refractivity contribution in [3.8, 4) is 11.5 Å². The monoisotopic (exact) mass is 772 g/mol. The molecule has 0 fully saturated rings. The number of thiazole rings is 1. The molecule has 3 aromatic rings. The first kappa shape index (κ1) is 29.5. The Morgan fingerprint density at radius 3 is 2.49 bits per heavy atom. The van der Waals surface area contributed by atoms with Gasteiger partial charge in [0.1, 0.15) is 5.75 Å². The third-order valence-corrected chi connectivity index (χ3v) is 8.06. The maximum Gasteiger partial charge on any atom is 0.338 e. The predicted octanol–water partition coefficient (Wildman–Crippen LogP) is 4.72. The van der Waals surface area contributed by atoms with E-state index in [9.17, 15) is 14.4 Å². The first-order valence-electron chi connectivity index (χ1n) is 12.1. The summed E-state index contributed by atoms with van der Waals surface area (Å²) in [5, 5.41) is 0. The molecule has 0 N–H and O–H groups in total. The molecule has 0 bridgehead atoms. The topological polar surface area (TPSA) is 96.2 Å². The van der Waals surface area contributed by atoms with Crippen molar-refractivity contribution in [3.63, 3.8) is 0 Å². The predicted molar refractivity (Wildman–Crippen MR) is 166 cm³/mol. The fraction of sp³-hybridized carbons (Fsp3) is 0.286. The highest BCUT2D eigenvalue weighted by Crippen LogP contribution is 2.32. The van der Waals surface area contributed by atoms with Gasteiger partial charge in [0.25, 0.3) is 5.56 Å². The number of carbonyl (C=O) groups is 2. The summed E-state index contributed by atoms with van der Waals surface area (Å²) in [6.45, 7) is 8.89. The lowest BCUT2D eigenvalue weighted by atomic mass is 9.96. The molecule has 0 spiro atoms. The van der Waals surface area contributed by atoms with E-state index in [2.05, 4.69) is 50.2 Å². The van der Waals surface area contributed by atoms with Gasteiger partial charge in [-0.2, -0.15) is 0 Å². The van der Waals surface area contributed by atoms with E-state index in [-0.39, 0.29) is 18.3 Å². The highest BCUT2D eigenvalue weighted by Gasteiger charge is 2.33. The summed E-state index contributed by atoms with van der Waals surface area (Å²) >= 11 is 5.49. The average Bonchev–Trinajstić information content (AvgIpc) is 3.15. The maximum atomic E-state index is 13.9. The number of hydrogen-bond acceptors (Lipinski definition) is 8. The Balaban J connectivity index is 1.94. The molecular weight excluding hydrogens is 746 g/mol. The molecule has 0 aliphatic carbocycles. The summed E-state index contributed by atoms with van der Waals surface area (Å²) in [4.78, 5) is 43.9. The van der Waals surface area contributed by atoms with Crippen LogP contribution in [0.3, 0.4) is 0 Å². The Morgan fingerprint density at radius 2 is 1.87 bits per heavy atom. The van der Waals surface area contributed by atoms with Gasteiger partial charge in [-0.1, -0.05) is 23.5 Å². The molecule has 39 heavy (non-hydrogen) atoms. The van der Waals surface area contributed by atoms with Crippen LogP contribution < -0.4 is 24.4 Å². The Morgan fingerprint density at radius 1 is 1.18 bits per heavy atom. The van der Waals surface area contributed by atoms with Gasteiger partial charge in [-0.05, 0) is 109 Å². The molecule has 0 radical (unpaired) electrons. The molecular formula is C28H26I2N2O6S. The number of esters is 2. The first-order chi connectivity index (χ1) is 18.5. The number of allylic oxidation sites excluding steroid dienone is 1. The van der Waals surface area contributed by atoms with Crippen LogP contribution in [0.5, 0.6) is 11.5 Å². The minimum Gasteiger partial charge on any atom is -0.491 e. The molecule has 8 nitrogen and oxygen atoms in total. The van der Waals surface area contributed by atoms with Crippen molar-refractivity contribution in [3.05, 3.63) is 85.6 Å². The lowest BCUT2D eigenvalue weighted by Gasteiger charge is -2.25. The van der Waals surface area contributed by atoms with E-state index in [0.29, 0.717) is 37.7 Å². The largest absolute Gasteiger partial charge is 0.491 e. The number of halogens is 2. The molecule has 0 saturated heterocycles. The van der Waals surface area contributed by atoms with Gasteiger partial charge in [-0.15, -0.1) is 0 Å². The van der Waals surface area contributed by atoms with Gasteiger partial charge < -0.3 is 14.2 Å². The van der Waals surface area contributed by atoms with Gasteiger partial charge in [-0.25, -0.2) is 9.79 Å². The van der Waals surface area contributed by atoms with Crippen LogP contribution in [-0.4, -0.2) is 29.2 Å². The van der Waals surface area contributed by atoms with Gasteiger partial charge >= 0.3 is 11.9 Å². The quantitative estimate of drug-likeness (QED) is 0.196. The van der Waals surface area contributed by atoms with Gasteiger partial charge in [0.05, 0.1) is 38.1 Å². The third-order valence-electron chi connectivity index (χ3n) is 5.65. The minimum atomic E-state index is -0.737. The Hall–Kier alpha value is -2.52. The lowest BCUT2D eigenvalue weighted by molar-refractivity contribution is -0.139. The van der Waals surface area contributed by atoms with E-state index in [1.165, 1.54) is 22.8 Å². The number of ether oxygens (including phenoxy) is 3. The highest BCUT2D eigenvalue weighted by atomic mass is 127. The molecule has 1 aromatic heterocycles. The van der Waals surface area contributed by atoms with Crippen LogP contribution in [0.1, 0.15) is 51.8 Å². The molecule has 1 aliphatic heterocycles. The maximum absolute atomic E-state index is 13.9. The van der Waals surface area contributed by atoms with Gasteiger partial charge in [0, 0.05) is 16.1 Å². The molecule has 2 heterocycles. The van der Waals surface area contributed by atoms with Crippen molar-refractivity contribution in [2.24, 2.45) is 4.99 Å². The van der Waals surface area contributed by atoms with Gasteiger partial charge in [-0.3, -0.25) is 14.2 Å². The zero-order valence-electron chi connectivity index (χ0n) is 21.9. The molecule has 0 unspecified atom stereocenters. The zero-order chi connectivity index (χ0) is 28.4. The van der Waals surface area contributed by atoms with E-state index < -0.39 is 18.0 Å². The number of carbonyl (C=O) groups excluding carboxylic acids is 2. The van der Waals surface area contributed by atoms with Crippen molar-refractivity contribution in [1.29, 1.82) is 0 Å². The third kappa shape index (κ3) is 6.46. The molecule has 0 saturated carbocycles. The van der Waals surface area contributed by atoms with Crippen LogP contribution in [-0.2, 0) is 14.3 Å². The van der Waals surface area contributed by atoms with E-state index in [1.807, 2.05) is 50.2 Å². The smallest absolute Gasteiger partial charge is 0.338 e. The number of benzene rings is 2. The molecule has 11 heteroatoms. The number of hydrogen-bond donors (Lipinski definition) is 0. The van der Waals surface area contributed by atoms with Crippen LogP contribution in [0, 0.1) is 7.14 Å². The number of fused-ring (bicyclic) bond motifs is 1. The summed E-state index contributed by atoms with van der Waals surface area (Å²) in [6.07, 6.45) is 1.71. The fourth-order valence-corrected chi connectivity index (χ4v) is 7.23. The summed E-state index contributed by atoms with van der Waals surface area (Å²) in [5.74, 6) is 0.0931. The van der Waals surface area contributed by atoms with Gasteiger partial charge in [0.2, 0.25) is 0 Å². The number of rotatable bonds is 7. The second kappa shape index (κ2) is 12.3. The van der Waals surface area contributed by atoms with E-state index >= 15 is 0 Å². The van der Waals surface area contributed by atoms with Crippen molar-refractivity contribution in [2.45, 2.75) is 46.8 Å². The molecule has 0 amide bonds. The molecule has 1 atom stereocenters. The minimum absolute atomic E-state index is 0.00624. The zero-order valence-corrected chi connectivity index (χ0v) is 27.0. The second-order valence-electron chi connectivity index (χ2n) is 8.94. The highest BCUT2D eigenvalue weighted by molar-refractivity contribution is 14.1. The van der Waals surface area contributed by atoms with Gasteiger partial charge in [0.15, 0.2) is 10.6 Å². The normalized spacial score (nSPS) is 15.2.